The number of nitrogens with one attached hydrogen (secondary N) is 2. The molecule has 150 valence electrons. The van der Waals surface area contributed by atoms with E-state index in [1.54, 1.807) is 19.1 Å². The van der Waals surface area contributed by atoms with Crippen molar-refractivity contribution in [1.29, 1.82) is 0 Å². The summed E-state index contributed by atoms with van der Waals surface area (Å²) < 4.78 is 28.0. The number of hydrogen-bond donors (Lipinski definition) is 2. The van der Waals surface area contributed by atoms with Crippen LogP contribution in [0.15, 0.2) is 29.2 Å². The Kier molecular flexibility index (Phi) is 5.95. The third-order valence-electron chi connectivity index (χ3n) is 4.52. The van der Waals surface area contributed by atoms with Crippen LogP contribution in [-0.4, -0.2) is 37.4 Å². The summed E-state index contributed by atoms with van der Waals surface area (Å²) in [7, 11) is -3.74. The fourth-order valence-electron chi connectivity index (χ4n) is 3.27. The topological polar surface area (TPSA) is 104 Å². The molecule has 1 amide bonds. The number of amides is 1. The van der Waals surface area contributed by atoms with Gasteiger partial charge in [0.25, 0.3) is 0 Å². The maximum atomic E-state index is 12.7. The molecular weight excluding hydrogens is 378 g/mol. The van der Waals surface area contributed by atoms with E-state index in [0.717, 1.165) is 37.4 Å². The van der Waals surface area contributed by atoms with Crippen LogP contribution in [0.5, 0.6) is 0 Å². The van der Waals surface area contributed by atoms with E-state index >= 15 is 0 Å². The van der Waals surface area contributed by atoms with Gasteiger partial charge in [-0.1, -0.05) is 0 Å². The maximum absolute atomic E-state index is 12.7. The molecule has 0 atom stereocenters. The van der Waals surface area contributed by atoms with Gasteiger partial charge >= 0.3 is 0 Å². The first-order chi connectivity index (χ1) is 13.2. The number of carbonyl (C=O) groups is 1. The summed E-state index contributed by atoms with van der Waals surface area (Å²) >= 11 is 0. The lowest BCUT2D eigenvalue weighted by atomic mass is 10.2. The molecule has 0 bridgehead atoms. The first kappa shape index (κ1) is 20.2. The largest absolute Gasteiger partial charge is 0.357 e. The van der Waals surface area contributed by atoms with E-state index in [1.165, 1.54) is 13.0 Å². The second-order valence-electron chi connectivity index (χ2n) is 6.96. The Hall–Kier alpha value is -2.52. The van der Waals surface area contributed by atoms with Crippen molar-refractivity contribution in [2.45, 2.75) is 45.1 Å². The number of aryl methyl sites for hydroxylation is 2. The molecule has 0 radical (unpaired) electrons. The van der Waals surface area contributed by atoms with E-state index in [4.69, 9.17) is 0 Å². The Morgan fingerprint density at radius 3 is 2.50 bits per heavy atom. The lowest BCUT2D eigenvalue weighted by Gasteiger charge is -2.17. The molecule has 2 aromatic rings. The molecule has 1 aromatic heterocycles. The number of carbonyl (C=O) groups excluding carboxylic acids is 1. The van der Waals surface area contributed by atoms with Gasteiger partial charge in [-0.25, -0.2) is 23.1 Å². The predicted octanol–water partition coefficient (Wildman–Crippen LogP) is 2.13. The number of anilines is 2. The maximum Gasteiger partial charge on any atom is 0.241 e. The van der Waals surface area contributed by atoms with Gasteiger partial charge in [0.05, 0.1) is 11.4 Å². The summed E-state index contributed by atoms with van der Waals surface area (Å²) in [6.45, 7) is 6.90. The van der Waals surface area contributed by atoms with Crippen LogP contribution >= 0.6 is 0 Å². The van der Waals surface area contributed by atoms with Crippen LogP contribution in [-0.2, 0) is 21.4 Å². The van der Waals surface area contributed by atoms with Gasteiger partial charge in [0, 0.05) is 37.5 Å². The molecule has 2 heterocycles. The minimum Gasteiger partial charge on any atom is -0.357 e. The summed E-state index contributed by atoms with van der Waals surface area (Å²) in [5.74, 6) is 1.08. The molecule has 1 aliphatic rings. The second kappa shape index (κ2) is 8.24. The summed E-state index contributed by atoms with van der Waals surface area (Å²) in [6.07, 6.45) is 2.28. The molecule has 8 nitrogen and oxygen atoms in total. The Morgan fingerprint density at radius 2 is 1.86 bits per heavy atom. The lowest BCUT2D eigenvalue weighted by Crippen LogP contribution is -2.26. The van der Waals surface area contributed by atoms with Crippen LogP contribution in [0, 0.1) is 13.8 Å². The summed E-state index contributed by atoms with van der Waals surface area (Å²) in [5.41, 5.74) is 1.91. The number of sulfonamides is 1. The minimum absolute atomic E-state index is 0.0116. The van der Waals surface area contributed by atoms with Gasteiger partial charge in [-0.3, -0.25) is 4.79 Å². The van der Waals surface area contributed by atoms with E-state index in [0.29, 0.717) is 17.1 Å². The van der Waals surface area contributed by atoms with E-state index < -0.39 is 10.0 Å². The monoisotopic (exact) mass is 403 g/mol. The van der Waals surface area contributed by atoms with Crippen LogP contribution < -0.4 is 14.9 Å². The van der Waals surface area contributed by atoms with E-state index in [9.17, 15) is 13.2 Å². The predicted molar refractivity (Wildman–Crippen MR) is 108 cm³/mol. The zero-order valence-electron chi connectivity index (χ0n) is 16.3. The van der Waals surface area contributed by atoms with Crippen LogP contribution in [0.1, 0.15) is 36.8 Å². The van der Waals surface area contributed by atoms with Crippen molar-refractivity contribution in [3.8, 4) is 0 Å². The fourth-order valence-corrected chi connectivity index (χ4v) is 4.47. The highest BCUT2D eigenvalue weighted by molar-refractivity contribution is 7.89. The quantitative estimate of drug-likeness (QED) is 0.766. The normalized spacial score (nSPS) is 14.3. The zero-order chi connectivity index (χ0) is 20.3. The highest BCUT2D eigenvalue weighted by Gasteiger charge is 2.19. The van der Waals surface area contributed by atoms with Crippen molar-refractivity contribution < 1.29 is 13.2 Å². The van der Waals surface area contributed by atoms with Gasteiger partial charge < -0.3 is 10.2 Å². The molecule has 1 aromatic carbocycles. The van der Waals surface area contributed by atoms with Crippen molar-refractivity contribution in [3.05, 3.63) is 41.3 Å². The summed E-state index contributed by atoms with van der Waals surface area (Å²) in [6, 6.07) is 6.60. The molecular formula is C19H25N5O3S. The molecule has 0 saturated carbocycles. The van der Waals surface area contributed by atoms with Crippen molar-refractivity contribution >= 4 is 27.4 Å². The minimum atomic E-state index is -3.74. The number of nitrogens with zero attached hydrogens (tertiary/aromatic N) is 3. The van der Waals surface area contributed by atoms with E-state index in [1.807, 2.05) is 13.0 Å². The Morgan fingerprint density at radius 1 is 1.14 bits per heavy atom. The average molecular weight is 404 g/mol. The first-order valence-corrected chi connectivity index (χ1v) is 10.7. The molecule has 1 aliphatic heterocycles. The molecule has 28 heavy (non-hydrogen) atoms. The van der Waals surface area contributed by atoms with Crippen molar-refractivity contribution in [2.75, 3.05) is 23.3 Å². The van der Waals surface area contributed by atoms with Crippen LogP contribution in [0.3, 0.4) is 0 Å². The standard InChI is InChI=1S/C19H25N5O3S/c1-13-10-16(22-15(3)25)6-7-17(13)28(26,27)20-12-18-21-14(2)11-19(23-18)24-8-4-5-9-24/h6-7,10-11,20H,4-5,8-9,12H2,1-3H3,(H,22,25). The zero-order valence-corrected chi connectivity index (χ0v) is 17.1. The highest BCUT2D eigenvalue weighted by atomic mass is 32.2. The van der Waals surface area contributed by atoms with E-state index in [2.05, 4.69) is 24.9 Å². The van der Waals surface area contributed by atoms with Crippen molar-refractivity contribution in [3.63, 3.8) is 0 Å². The number of rotatable bonds is 6. The SMILES string of the molecule is CC(=O)Nc1ccc(S(=O)(=O)NCc2nc(C)cc(N3CCCC3)n2)c(C)c1. The molecule has 0 aliphatic carbocycles. The molecule has 0 unspecified atom stereocenters. The van der Waals surface area contributed by atoms with Crippen LogP contribution in [0.2, 0.25) is 0 Å². The Balaban J connectivity index is 1.75. The Bertz CT molecular complexity index is 985. The third-order valence-corrected chi connectivity index (χ3v) is 6.08. The van der Waals surface area contributed by atoms with Gasteiger partial charge in [0.2, 0.25) is 15.9 Å². The Labute approximate surface area is 165 Å². The second-order valence-corrected chi connectivity index (χ2v) is 8.70. The summed E-state index contributed by atoms with van der Waals surface area (Å²) in [4.78, 5) is 22.4. The summed E-state index contributed by atoms with van der Waals surface area (Å²) in [5, 5.41) is 2.64. The van der Waals surface area contributed by atoms with Gasteiger partial charge in [-0.2, -0.15) is 0 Å². The third kappa shape index (κ3) is 4.85. The lowest BCUT2D eigenvalue weighted by molar-refractivity contribution is -0.114. The molecule has 9 heteroatoms. The number of benzene rings is 1. The molecule has 2 N–H and O–H groups in total. The van der Waals surface area contributed by atoms with E-state index in [-0.39, 0.29) is 17.3 Å². The van der Waals surface area contributed by atoms with Crippen molar-refractivity contribution in [2.24, 2.45) is 0 Å². The molecule has 1 saturated heterocycles. The van der Waals surface area contributed by atoms with Gasteiger partial charge in [-0.15, -0.1) is 0 Å². The first-order valence-electron chi connectivity index (χ1n) is 9.22. The number of hydrogen-bond acceptors (Lipinski definition) is 6. The van der Waals surface area contributed by atoms with Crippen molar-refractivity contribution in [1.82, 2.24) is 14.7 Å². The van der Waals surface area contributed by atoms with Crippen LogP contribution in [0.4, 0.5) is 11.5 Å². The van der Waals surface area contributed by atoms with Crippen LogP contribution in [0.25, 0.3) is 0 Å². The average Bonchev–Trinajstić information content (AvgIpc) is 3.13. The smallest absolute Gasteiger partial charge is 0.241 e. The number of aromatic nitrogens is 2. The van der Waals surface area contributed by atoms with Gasteiger partial charge in [0.15, 0.2) is 0 Å². The molecule has 0 spiro atoms. The fraction of sp³-hybridized carbons (Fsp3) is 0.421. The van der Waals surface area contributed by atoms with Gasteiger partial charge in [0.1, 0.15) is 11.6 Å². The highest BCUT2D eigenvalue weighted by Crippen LogP contribution is 2.21. The van der Waals surface area contributed by atoms with Gasteiger partial charge in [-0.05, 0) is 50.5 Å². The molecule has 3 rings (SSSR count). The molecule has 1 fully saturated rings.